The largest absolute Gasteiger partial charge is 0.330 e. The average Bonchev–Trinajstić information content (AvgIpc) is 3.19. The fraction of sp³-hybridized carbons (Fsp3) is 0.263. The summed E-state index contributed by atoms with van der Waals surface area (Å²) in [6.07, 6.45) is 2.50. The van der Waals surface area contributed by atoms with Crippen LogP contribution in [0.25, 0.3) is 0 Å². The third kappa shape index (κ3) is 3.78. The van der Waals surface area contributed by atoms with Gasteiger partial charge in [-0.1, -0.05) is 17.7 Å². The molecule has 3 rings (SSSR count). The lowest BCUT2D eigenvalue weighted by Gasteiger charge is -2.21. The van der Waals surface area contributed by atoms with Crippen LogP contribution >= 0.6 is 22.9 Å². The van der Waals surface area contributed by atoms with Crippen LogP contribution < -0.4 is 4.90 Å². The van der Waals surface area contributed by atoms with Crippen LogP contribution in [0, 0.1) is 0 Å². The number of carbonyl (C=O) groups is 2. The molecule has 25 heavy (non-hydrogen) atoms. The summed E-state index contributed by atoms with van der Waals surface area (Å²) in [5.74, 6) is -0.0193. The van der Waals surface area contributed by atoms with E-state index in [0.717, 1.165) is 22.5 Å². The smallest absolute Gasteiger partial charge is 0.254 e. The van der Waals surface area contributed by atoms with Gasteiger partial charge in [-0.05, 0) is 42.3 Å². The zero-order chi connectivity index (χ0) is 18.0. The van der Waals surface area contributed by atoms with Crippen molar-refractivity contribution in [2.75, 3.05) is 18.0 Å². The molecule has 4 nitrogen and oxygen atoms in total. The highest BCUT2D eigenvalue weighted by Gasteiger charge is 2.24. The van der Waals surface area contributed by atoms with Crippen molar-refractivity contribution in [2.45, 2.75) is 19.9 Å². The second-order valence-electron chi connectivity index (χ2n) is 5.94. The van der Waals surface area contributed by atoms with E-state index < -0.39 is 0 Å². The van der Waals surface area contributed by atoms with Crippen molar-refractivity contribution in [3.63, 3.8) is 0 Å². The maximum atomic E-state index is 12.9. The van der Waals surface area contributed by atoms with Gasteiger partial charge in [-0.25, -0.2) is 0 Å². The van der Waals surface area contributed by atoms with E-state index in [1.54, 1.807) is 28.9 Å². The number of hydrogen-bond donors (Lipinski definition) is 0. The number of thiophene rings is 1. The van der Waals surface area contributed by atoms with Crippen LogP contribution in [0.3, 0.4) is 0 Å². The van der Waals surface area contributed by atoms with Gasteiger partial charge in [0.1, 0.15) is 0 Å². The van der Waals surface area contributed by atoms with E-state index in [0.29, 0.717) is 29.5 Å². The van der Waals surface area contributed by atoms with E-state index >= 15 is 0 Å². The van der Waals surface area contributed by atoms with Crippen LogP contribution in [0.1, 0.15) is 27.7 Å². The SMILES string of the molecule is C=CCN(Cc1ccc(Cl)s1)C(=O)c1ccc2c(c1)CCN2C(C)=O. The summed E-state index contributed by atoms with van der Waals surface area (Å²) in [7, 11) is 0. The third-order valence-electron chi connectivity index (χ3n) is 4.21. The summed E-state index contributed by atoms with van der Waals surface area (Å²) < 4.78 is 0.711. The highest BCUT2D eigenvalue weighted by atomic mass is 35.5. The number of benzene rings is 1. The van der Waals surface area contributed by atoms with Crippen molar-refractivity contribution in [3.05, 3.63) is 63.3 Å². The molecular weight excluding hydrogens is 356 g/mol. The first-order chi connectivity index (χ1) is 12.0. The normalized spacial score (nSPS) is 12.8. The quantitative estimate of drug-likeness (QED) is 0.738. The second-order valence-corrected chi connectivity index (χ2v) is 7.74. The first kappa shape index (κ1) is 17.7. The number of nitrogens with zero attached hydrogens (tertiary/aromatic N) is 2. The lowest BCUT2D eigenvalue weighted by atomic mass is 10.1. The molecular formula is C19H19ClN2O2S. The Hall–Kier alpha value is -2.11. The minimum Gasteiger partial charge on any atom is -0.330 e. The molecule has 0 bridgehead atoms. The van der Waals surface area contributed by atoms with Crippen molar-refractivity contribution in [2.24, 2.45) is 0 Å². The summed E-state index contributed by atoms with van der Waals surface area (Å²) in [5, 5.41) is 0. The fourth-order valence-electron chi connectivity index (χ4n) is 3.04. The van der Waals surface area contributed by atoms with Crippen LogP contribution in [0.5, 0.6) is 0 Å². The molecule has 0 atom stereocenters. The van der Waals surface area contributed by atoms with E-state index in [-0.39, 0.29) is 11.8 Å². The van der Waals surface area contributed by atoms with Crippen molar-refractivity contribution in [3.8, 4) is 0 Å². The molecule has 2 heterocycles. The number of rotatable bonds is 5. The number of halogens is 1. The summed E-state index contributed by atoms with van der Waals surface area (Å²) in [6, 6.07) is 9.33. The molecule has 1 aromatic carbocycles. The van der Waals surface area contributed by atoms with Crippen LogP contribution in [-0.2, 0) is 17.8 Å². The molecule has 1 aliphatic heterocycles. The molecule has 2 aromatic rings. The van der Waals surface area contributed by atoms with E-state index in [1.165, 1.54) is 11.3 Å². The number of carbonyl (C=O) groups excluding carboxylic acids is 2. The van der Waals surface area contributed by atoms with Gasteiger partial charge in [-0.2, -0.15) is 0 Å². The first-order valence-electron chi connectivity index (χ1n) is 8.05. The summed E-state index contributed by atoms with van der Waals surface area (Å²) in [4.78, 5) is 29.1. The predicted molar refractivity (Wildman–Crippen MR) is 102 cm³/mol. The van der Waals surface area contributed by atoms with Gasteiger partial charge >= 0.3 is 0 Å². The van der Waals surface area contributed by atoms with Gasteiger partial charge in [0.15, 0.2) is 0 Å². The standard InChI is InChI=1S/C19H19ClN2O2S/c1-3-9-21(12-16-5-7-18(20)25-16)19(24)15-4-6-17-14(11-15)8-10-22(17)13(2)23/h3-7,11H,1,8-10,12H2,2H3. The Morgan fingerprint density at radius 3 is 2.80 bits per heavy atom. The Balaban J connectivity index is 1.82. The van der Waals surface area contributed by atoms with Crippen molar-refractivity contribution in [1.82, 2.24) is 4.90 Å². The van der Waals surface area contributed by atoms with Crippen LogP contribution in [0.2, 0.25) is 4.34 Å². The maximum absolute atomic E-state index is 12.9. The Morgan fingerprint density at radius 1 is 1.36 bits per heavy atom. The number of anilines is 1. The number of fused-ring (bicyclic) bond motifs is 1. The topological polar surface area (TPSA) is 40.6 Å². The van der Waals surface area contributed by atoms with E-state index in [4.69, 9.17) is 11.6 Å². The van der Waals surface area contributed by atoms with Gasteiger partial charge in [-0.3, -0.25) is 9.59 Å². The summed E-state index contributed by atoms with van der Waals surface area (Å²) in [6.45, 7) is 6.95. The molecule has 1 aliphatic rings. The Labute approximate surface area is 156 Å². The second kappa shape index (κ2) is 7.42. The van der Waals surface area contributed by atoms with E-state index in [1.807, 2.05) is 24.3 Å². The van der Waals surface area contributed by atoms with Gasteiger partial charge < -0.3 is 9.80 Å². The van der Waals surface area contributed by atoms with E-state index in [9.17, 15) is 9.59 Å². The third-order valence-corrected chi connectivity index (χ3v) is 5.43. The van der Waals surface area contributed by atoms with E-state index in [2.05, 4.69) is 6.58 Å². The Morgan fingerprint density at radius 2 is 2.16 bits per heavy atom. The highest BCUT2D eigenvalue weighted by Crippen LogP contribution is 2.30. The molecule has 0 fully saturated rings. The van der Waals surface area contributed by atoms with Gasteiger partial charge in [0.2, 0.25) is 5.91 Å². The molecule has 0 unspecified atom stereocenters. The molecule has 2 amide bonds. The van der Waals surface area contributed by atoms with Crippen molar-refractivity contribution >= 4 is 40.4 Å². The van der Waals surface area contributed by atoms with Crippen molar-refractivity contribution in [1.29, 1.82) is 0 Å². The molecule has 0 N–H and O–H groups in total. The zero-order valence-electron chi connectivity index (χ0n) is 14.0. The molecule has 0 spiro atoms. The molecule has 6 heteroatoms. The zero-order valence-corrected chi connectivity index (χ0v) is 15.6. The molecule has 0 saturated carbocycles. The van der Waals surface area contributed by atoms with Gasteiger partial charge in [0.05, 0.1) is 10.9 Å². The Kier molecular flexibility index (Phi) is 5.25. The molecule has 0 radical (unpaired) electrons. The number of hydrogen-bond acceptors (Lipinski definition) is 3. The molecule has 0 saturated heterocycles. The number of amides is 2. The first-order valence-corrected chi connectivity index (χ1v) is 9.24. The highest BCUT2D eigenvalue weighted by molar-refractivity contribution is 7.16. The summed E-state index contributed by atoms with van der Waals surface area (Å²) >= 11 is 7.45. The van der Waals surface area contributed by atoms with Crippen LogP contribution in [0.15, 0.2) is 43.0 Å². The minimum absolute atomic E-state index is 0.0284. The lowest BCUT2D eigenvalue weighted by Crippen LogP contribution is -2.30. The average molecular weight is 375 g/mol. The molecule has 0 aliphatic carbocycles. The minimum atomic E-state index is -0.0477. The monoisotopic (exact) mass is 374 g/mol. The van der Waals surface area contributed by atoms with Gasteiger partial charge in [0.25, 0.3) is 5.91 Å². The molecule has 130 valence electrons. The predicted octanol–water partition coefficient (Wildman–Crippen LogP) is 4.14. The lowest BCUT2D eigenvalue weighted by molar-refractivity contribution is -0.116. The van der Waals surface area contributed by atoms with Crippen molar-refractivity contribution < 1.29 is 9.59 Å². The summed E-state index contributed by atoms with van der Waals surface area (Å²) in [5.41, 5.74) is 2.58. The maximum Gasteiger partial charge on any atom is 0.254 e. The van der Waals surface area contributed by atoms with Gasteiger partial charge in [-0.15, -0.1) is 17.9 Å². The molecule has 1 aromatic heterocycles. The Bertz CT molecular complexity index is 831. The van der Waals surface area contributed by atoms with Crippen LogP contribution in [0.4, 0.5) is 5.69 Å². The van der Waals surface area contributed by atoms with Gasteiger partial charge in [0, 0.05) is 36.1 Å². The fourth-order valence-corrected chi connectivity index (χ4v) is 4.15. The van der Waals surface area contributed by atoms with Crippen LogP contribution in [-0.4, -0.2) is 29.8 Å².